The molecule has 0 aliphatic carbocycles. The summed E-state index contributed by atoms with van der Waals surface area (Å²) in [6, 6.07) is 0. The highest BCUT2D eigenvalue weighted by Crippen LogP contribution is 2.33. The summed E-state index contributed by atoms with van der Waals surface area (Å²) in [6.45, 7) is 14.8. The van der Waals surface area contributed by atoms with E-state index in [9.17, 15) is 0 Å². The van der Waals surface area contributed by atoms with Gasteiger partial charge in [-0.1, -0.05) is 27.7 Å². The van der Waals surface area contributed by atoms with E-state index in [-0.39, 0.29) is 5.54 Å². The maximum Gasteiger partial charge on any atom is 0.0198 e. The van der Waals surface area contributed by atoms with E-state index >= 15 is 0 Å². The number of rotatable bonds is 2. The first kappa shape index (κ1) is 11.0. The Morgan fingerprint density at radius 3 is 1.45 bits per heavy atom. The molecule has 0 aromatic heterocycles. The molecule has 0 saturated heterocycles. The Bertz CT molecular complexity index is 119. The van der Waals surface area contributed by atoms with E-state index in [2.05, 4.69) is 53.5 Å². The lowest BCUT2D eigenvalue weighted by Crippen LogP contribution is -2.50. The van der Waals surface area contributed by atoms with Crippen LogP contribution in [0.1, 0.15) is 41.5 Å². The summed E-state index contributed by atoms with van der Waals surface area (Å²) in [7, 11) is 2.19. The Labute approximate surface area is 71.8 Å². The molecule has 1 nitrogen and oxygen atoms in total. The minimum Gasteiger partial charge on any atom is -0.301 e. The molecule has 0 bridgehead atoms. The molecule has 0 amide bonds. The Balaban J connectivity index is 4.45. The van der Waals surface area contributed by atoms with Crippen molar-refractivity contribution in [2.24, 2.45) is 5.41 Å². The molecule has 0 atom stereocenters. The maximum atomic E-state index is 2.40. The zero-order valence-corrected chi connectivity index (χ0v) is 9.15. The maximum absolute atomic E-state index is 2.40. The van der Waals surface area contributed by atoms with E-state index in [1.54, 1.807) is 0 Å². The zero-order valence-electron chi connectivity index (χ0n) is 9.15. The largest absolute Gasteiger partial charge is 0.301 e. The third-order valence-electron chi connectivity index (χ3n) is 3.26. The van der Waals surface area contributed by atoms with Crippen LogP contribution in [0, 0.1) is 5.41 Å². The van der Waals surface area contributed by atoms with Crippen LogP contribution in [0.5, 0.6) is 0 Å². The molecule has 0 aromatic rings. The molecule has 0 saturated carbocycles. The zero-order chi connectivity index (χ0) is 9.28. The standard InChI is InChI=1S/C10H23N/c1-8-11(7)10(5,6)9(2,3)4/h8H2,1-7H3. The van der Waals surface area contributed by atoms with Gasteiger partial charge in [0.25, 0.3) is 0 Å². The highest BCUT2D eigenvalue weighted by molar-refractivity contribution is 4.90. The fourth-order valence-corrected chi connectivity index (χ4v) is 0.968. The highest BCUT2D eigenvalue weighted by atomic mass is 15.2. The average molecular weight is 157 g/mol. The Kier molecular flexibility index (Phi) is 3.13. The Morgan fingerprint density at radius 2 is 1.36 bits per heavy atom. The first-order chi connectivity index (χ1) is 4.73. The van der Waals surface area contributed by atoms with Gasteiger partial charge < -0.3 is 4.90 Å². The van der Waals surface area contributed by atoms with Crippen molar-refractivity contribution in [1.82, 2.24) is 4.90 Å². The molecule has 0 rings (SSSR count). The van der Waals surface area contributed by atoms with Gasteiger partial charge in [-0.05, 0) is 32.9 Å². The van der Waals surface area contributed by atoms with Crippen LogP contribution in [0.2, 0.25) is 0 Å². The summed E-state index contributed by atoms with van der Waals surface area (Å²) in [4.78, 5) is 2.40. The average Bonchev–Trinajstić information content (AvgIpc) is 1.83. The molecule has 0 heterocycles. The van der Waals surface area contributed by atoms with Crippen molar-refractivity contribution in [2.45, 2.75) is 47.1 Å². The lowest BCUT2D eigenvalue weighted by Gasteiger charge is -2.45. The number of nitrogens with zero attached hydrogens (tertiary/aromatic N) is 1. The monoisotopic (exact) mass is 157 g/mol. The Morgan fingerprint density at radius 1 is 1.00 bits per heavy atom. The van der Waals surface area contributed by atoms with Crippen molar-refractivity contribution in [3.63, 3.8) is 0 Å². The topological polar surface area (TPSA) is 3.24 Å². The van der Waals surface area contributed by atoms with Crippen molar-refractivity contribution >= 4 is 0 Å². The summed E-state index contributed by atoms with van der Waals surface area (Å²) in [5.74, 6) is 0. The van der Waals surface area contributed by atoms with E-state index in [1.807, 2.05) is 0 Å². The summed E-state index contributed by atoms with van der Waals surface area (Å²) < 4.78 is 0. The molecular formula is C10H23N. The van der Waals surface area contributed by atoms with Gasteiger partial charge in [-0.25, -0.2) is 0 Å². The summed E-state index contributed by atoms with van der Waals surface area (Å²) in [5.41, 5.74) is 0.625. The van der Waals surface area contributed by atoms with Gasteiger partial charge in [0, 0.05) is 5.54 Å². The van der Waals surface area contributed by atoms with E-state index in [0.717, 1.165) is 6.54 Å². The van der Waals surface area contributed by atoms with Crippen molar-refractivity contribution in [3.8, 4) is 0 Å². The molecule has 1 heteroatoms. The second-order valence-corrected chi connectivity index (χ2v) is 4.82. The van der Waals surface area contributed by atoms with Crippen molar-refractivity contribution in [3.05, 3.63) is 0 Å². The molecule has 0 spiro atoms. The highest BCUT2D eigenvalue weighted by Gasteiger charge is 2.35. The second kappa shape index (κ2) is 3.14. The van der Waals surface area contributed by atoms with Crippen molar-refractivity contribution in [1.29, 1.82) is 0 Å². The minimum atomic E-state index is 0.280. The molecule has 0 aliphatic rings. The lowest BCUT2D eigenvalue weighted by molar-refractivity contribution is 0.0479. The quantitative estimate of drug-likeness (QED) is 0.596. The molecule has 68 valence electrons. The van der Waals surface area contributed by atoms with Crippen LogP contribution in [0.25, 0.3) is 0 Å². The van der Waals surface area contributed by atoms with Crippen molar-refractivity contribution < 1.29 is 0 Å². The molecule has 0 aliphatic heterocycles. The predicted octanol–water partition coefficient (Wildman–Crippen LogP) is 2.76. The van der Waals surface area contributed by atoms with Gasteiger partial charge in [-0.2, -0.15) is 0 Å². The molecule has 0 aromatic carbocycles. The SMILES string of the molecule is CCN(C)C(C)(C)C(C)(C)C. The molecule has 0 unspecified atom stereocenters. The minimum absolute atomic E-state index is 0.280. The summed E-state index contributed by atoms with van der Waals surface area (Å²) >= 11 is 0. The van der Waals surface area contributed by atoms with E-state index < -0.39 is 0 Å². The third-order valence-corrected chi connectivity index (χ3v) is 3.26. The number of hydrogen-bond acceptors (Lipinski definition) is 1. The lowest BCUT2D eigenvalue weighted by atomic mass is 9.75. The van der Waals surface area contributed by atoms with Gasteiger partial charge in [0.05, 0.1) is 0 Å². The fourth-order valence-electron chi connectivity index (χ4n) is 0.968. The first-order valence-corrected chi connectivity index (χ1v) is 4.44. The Hall–Kier alpha value is -0.0400. The summed E-state index contributed by atoms with van der Waals surface area (Å²) in [6.07, 6.45) is 0. The van der Waals surface area contributed by atoms with Gasteiger partial charge in [-0.3, -0.25) is 0 Å². The van der Waals surface area contributed by atoms with Crippen LogP contribution in [-0.4, -0.2) is 24.0 Å². The van der Waals surface area contributed by atoms with Crippen molar-refractivity contribution in [2.75, 3.05) is 13.6 Å². The van der Waals surface area contributed by atoms with Gasteiger partial charge >= 0.3 is 0 Å². The predicted molar refractivity (Wildman–Crippen MR) is 51.8 cm³/mol. The van der Waals surface area contributed by atoms with Crippen LogP contribution in [0.4, 0.5) is 0 Å². The smallest absolute Gasteiger partial charge is 0.0198 e. The third kappa shape index (κ3) is 2.19. The molecule has 0 radical (unpaired) electrons. The molecular weight excluding hydrogens is 134 g/mol. The van der Waals surface area contributed by atoms with E-state index in [0.29, 0.717) is 5.41 Å². The fraction of sp³-hybridized carbons (Fsp3) is 1.00. The van der Waals surface area contributed by atoms with Gasteiger partial charge in [0.1, 0.15) is 0 Å². The second-order valence-electron chi connectivity index (χ2n) is 4.82. The van der Waals surface area contributed by atoms with Gasteiger partial charge in [-0.15, -0.1) is 0 Å². The van der Waals surface area contributed by atoms with Crippen LogP contribution in [0.15, 0.2) is 0 Å². The molecule has 0 N–H and O–H groups in total. The first-order valence-electron chi connectivity index (χ1n) is 4.44. The normalized spacial score (nSPS) is 14.2. The van der Waals surface area contributed by atoms with E-state index in [1.165, 1.54) is 0 Å². The van der Waals surface area contributed by atoms with Crippen LogP contribution >= 0.6 is 0 Å². The van der Waals surface area contributed by atoms with Gasteiger partial charge in [0.15, 0.2) is 0 Å². The van der Waals surface area contributed by atoms with E-state index in [4.69, 9.17) is 0 Å². The molecule has 0 fully saturated rings. The van der Waals surface area contributed by atoms with Crippen LogP contribution < -0.4 is 0 Å². The number of hydrogen-bond donors (Lipinski definition) is 0. The summed E-state index contributed by atoms with van der Waals surface area (Å²) in [5, 5.41) is 0. The van der Waals surface area contributed by atoms with Gasteiger partial charge in [0.2, 0.25) is 0 Å². The van der Waals surface area contributed by atoms with Crippen LogP contribution in [0.3, 0.4) is 0 Å². The molecule has 11 heavy (non-hydrogen) atoms. The van der Waals surface area contributed by atoms with Crippen LogP contribution in [-0.2, 0) is 0 Å².